The fourth-order valence-corrected chi connectivity index (χ4v) is 2.29. The van der Waals surface area contributed by atoms with E-state index in [-0.39, 0.29) is 11.4 Å². The van der Waals surface area contributed by atoms with Crippen LogP contribution < -0.4 is 0 Å². The van der Waals surface area contributed by atoms with Gasteiger partial charge in [0.15, 0.2) is 5.69 Å². The van der Waals surface area contributed by atoms with Crippen LogP contribution in [0.3, 0.4) is 0 Å². The molecule has 7 heteroatoms. The molecule has 1 aromatic heterocycles. The smallest absolute Gasteiger partial charge is 0.235 e. The van der Waals surface area contributed by atoms with E-state index in [0.717, 1.165) is 11.1 Å². The topological polar surface area (TPSA) is 54.5 Å². The third-order valence-corrected chi connectivity index (χ3v) is 3.23. The Bertz CT molecular complexity index is 637. The average molecular weight is 316 g/mol. The SMILES string of the molecule is Cc1ccccc1Cn1nnc(C#N)c1C(Cl)(Cl)Cl. The predicted octanol–water partition coefficient (Wildman–Crippen LogP) is 3.33. The summed E-state index contributed by atoms with van der Waals surface area (Å²) in [6, 6.07) is 9.66. The largest absolute Gasteiger partial charge is 0.239 e. The molecular weight excluding hydrogens is 307 g/mol. The fraction of sp³-hybridized carbons (Fsp3) is 0.250. The van der Waals surface area contributed by atoms with Crippen molar-refractivity contribution in [3.63, 3.8) is 0 Å². The lowest BCUT2D eigenvalue weighted by atomic mass is 10.1. The molecule has 4 nitrogen and oxygen atoms in total. The van der Waals surface area contributed by atoms with Crippen LogP contribution >= 0.6 is 34.8 Å². The maximum Gasteiger partial charge on any atom is 0.235 e. The van der Waals surface area contributed by atoms with Crippen LogP contribution in [0.2, 0.25) is 0 Å². The standard InChI is InChI=1S/C12H9Cl3N4/c1-8-4-2-3-5-9(8)7-19-11(12(13,14)15)10(6-16)17-18-19/h2-5H,7H2,1H3. The van der Waals surface area contributed by atoms with E-state index in [9.17, 15) is 0 Å². The number of nitriles is 1. The van der Waals surface area contributed by atoms with Gasteiger partial charge in [0.2, 0.25) is 3.79 Å². The second-order valence-electron chi connectivity index (χ2n) is 3.98. The molecule has 0 atom stereocenters. The van der Waals surface area contributed by atoms with E-state index in [1.807, 2.05) is 37.3 Å². The molecule has 0 unspecified atom stereocenters. The summed E-state index contributed by atoms with van der Waals surface area (Å²) < 4.78 is -0.300. The van der Waals surface area contributed by atoms with Crippen molar-refractivity contribution in [1.82, 2.24) is 15.0 Å². The normalized spacial score (nSPS) is 11.3. The first-order valence-corrected chi connectivity index (χ1v) is 6.52. The second-order valence-corrected chi connectivity index (χ2v) is 6.26. The molecular formula is C12H9Cl3N4. The van der Waals surface area contributed by atoms with Gasteiger partial charge in [0.05, 0.1) is 6.54 Å². The monoisotopic (exact) mass is 314 g/mol. The average Bonchev–Trinajstić information content (AvgIpc) is 2.75. The van der Waals surface area contributed by atoms with Gasteiger partial charge in [-0.25, -0.2) is 4.68 Å². The number of alkyl halides is 3. The number of rotatable bonds is 2. The molecule has 0 radical (unpaired) electrons. The molecule has 0 bridgehead atoms. The van der Waals surface area contributed by atoms with Crippen LogP contribution in [-0.2, 0) is 10.3 Å². The summed E-state index contributed by atoms with van der Waals surface area (Å²) in [7, 11) is 0. The van der Waals surface area contributed by atoms with Gasteiger partial charge in [0.25, 0.3) is 0 Å². The van der Waals surface area contributed by atoms with E-state index in [1.165, 1.54) is 4.68 Å². The van der Waals surface area contributed by atoms with Crippen molar-refractivity contribution < 1.29 is 0 Å². The van der Waals surface area contributed by atoms with Gasteiger partial charge in [-0.3, -0.25) is 0 Å². The van der Waals surface area contributed by atoms with E-state index in [2.05, 4.69) is 10.3 Å². The third kappa shape index (κ3) is 3.01. The Morgan fingerprint density at radius 2 is 2.00 bits per heavy atom. The van der Waals surface area contributed by atoms with E-state index in [4.69, 9.17) is 40.1 Å². The number of aryl methyl sites for hydroxylation is 1. The number of benzene rings is 1. The van der Waals surface area contributed by atoms with Crippen LogP contribution in [0.15, 0.2) is 24.3 Å². The van der Waals surface area contributed by atoms with Crippen LogP contribution in [0, 0.1) is 18.3 Å². The van der Waals surface area contributed by atoms with Gasteiger partial charge in [0, 0.05) is 0 Å². The number of halogens is 3. The molecule has 0 N–H and O–H groups in total. The van der Waals surface area contributed by atoms with Gasteiger partial charge < -0.3 is 0 Å². The zero-order valence-electron chi connectivity index (χ0n) is 9.94. The van der Waals surface area contributed by atoms with Crippen molar-refractivity contribution in [2.75, 3.05) is 0 Å². The van der Waals surface area contributed by atoms with Crippen LogP contribution in [0.4, 0.5) is 0 Å². The van der Waals surface area contributed by atoms with Crippen molar-refractivity contribution >= 4 is 34.8 Å². The van der Waals surface area contributed by atoms with Gasteiger partial charge >= 0.3 is 0 Å². The number of nitrogens with zero attached hydrogens (tertiary/aromatic N) is 4. The first-order chi connectivity index (χ1) is 8.93. The molecule has 2 rings (SSSR count). The summed E-state index contributed by atoms with van der Waals surface area (Å²) in [6.45, 7) is 2.37. The van der Waals surface area contributed by atoms with Crippen molar-refractivity contribution in [2.24, 2.45) is 0 Å². The Labute approximate surface area is 125 Å². The first kappa shape index (κ1) is 14.1. The second kappa shape index (κ2) is 5.38. The molecule has 0 aliphatic rings. The minimum atomic E-state index is -1.74. The van der Waals surface area contributed by atoms with E-state index < -0.39 is 3.79 Å². The van der Waals surface area contributed by atoms with Crippen molar-refractivity contribution in [3.05, 3.63) is 46.8 Å². The maximum absolute atomic E-state index is 8.97. The molecule has 0 aliphatic heterocycles. The van der Waals surface area contributed by atoms with Gasteiger partial charge in [-0.1, -0.05) is 64.3 Å². The fourth-order valence-electron chi connectivity index (χ4n) is 1.73. The van der Waals surface area contributed by atoms with Crippen LogP contribution in [-0.4, -0.2) is 15.0 Å². The highest BCUT2D eigenvalue weighted by Crippen LogP contribution is 2.39. The van der Waals surface area contributed by atoms with E-state index >= 15 is 0 Å². The maximum atomic E-state index is 8.97. The molecule has 19 heavy (non-hydrogen) atoms. The highest BCUT2D eigenvalue weighted by molar-refractivity contribution is 6.66. The van der Waals surface area contributed by atoms with Crippen LogP contribution in [0.25, 0.3) is 0 Å². The summed E-state index contributed by atoms with van der Waals surface area (Å²) in [5, 5.41) is 16.6. The molecule has 98 valence electrons. The molecule has 0 fully saturated rings. The van der Waals surface area contributed by atoms with Gasteiger partial charge in [0.1, 0.15) is 11.8 Å². The summed E-state index contributed by atoms with van der Waals surface area (Å²) in [5.74, 6) is 0. The van der Waals surface area contributed by atoms with Gasteiger partial charge in [-0.2, -0.15) is 5.26 Å². The molecule has 0 saturated carbocycles. The van der Waals surface area contributed by atoms with Crippen LogP contribution in [0.1, 0.15) is 22.5 Å². The van der Waals surface area contributed by atoms with Gasteiger partial charge in [-0.05, 0) is 18.1 Å². The lowest BCUT2D eigenvalue weighted by molar-refractivity contribution is 0.621. The molecule has 0 spiro atoms. The molecule has 2 aromatic rings. The Balaban J connectivity index is 2.45. The first-order valence-electron chi connectivity index (χ1n) is 5.38. The van der Waals surface area contributed by atoms with E-state index in [0.29, 0.717) is 6.54 Å². The Hall–Kier alpha value is -1.28. The molecule has 0 saturated heterocycles. The Morgan fingerprint density at radius 3 is 2.58 bits per heavy atom. The summed E-state index contributed by atoms with van der Waals surface area (Å²) in [4.78, 5) is 0. The van der Waals surface area contributed by atoms with E-state index in [1.54, 1.807) is 0 Å². The van der Waals surface area contributed by atoms with Crippen molar-refractivity contribution in [3.8, 4) is 6.07 Å². The summed E-state index contributed by atoms with van der Waals surface area (Å²) in [6.07, 6.45) is 0. The number of hydrogen-bond acceptors (Lipinski definition) is 3. The summed E-state index contributed by atoms with van der Waals surface area (Å²) in [5.41, 5.74) is 2.32. The lowest BCUT2D eigenvalue weighted by Crippen LogP contribution is -2.14. The summed E-state index contributed by atoms with van der Waals surface area (Å²) >= 11 is 17.6. The van der Waals surface area contributed by atoms with Gasteiger partial charge in [-0.15, -0.1) is 5.10 Å². The minimum Gasteiger partial charge on any atom is -0.239 e. The molecule has 1 aromatic carbocycles. The third-order valence-electron chi connectivity index (χ3n) is 2.69. The zero-order chi connectivity index (χ0) is 14.0. The molecule has 0 aliphatic carbocycles. The number of hydrogen-bond donors (Lipinski definition) is 0. The Morgan fingerprint density at radius 1 is 1.32 bits per heavy atom. The Kier molecular flexibility index (Phi) is 4.00. The highest BCUT2D eigenvalue weighted by atomic mass is 35.6. The zero-order valence-corrected chi connectivity index (χ0v) is 12.2. The van der Waals surface area contributed by atoms with Crippen LogP contribution in [0.5, 0.6) is 0 Å². The van der Waals surface area contributed by atoms with Crippen molar-refractivity contribution in [1.29, 1.82) is 5.26 Å². The predicted molar refractivity (Wildman–Crippen MR) is 74.3 cm³/mol. The lowest BCUT2D eigenvalue weighted by Gasteiger charge is -2.14. The number of aromatic nitrogens is 3. The van der Waals surface area contributed by atoms with Crippen molar-refractivity contribution in [2.45, 2.75) is 17.3 Å². The quantitative estimate of drug-likeness (QED) is 0.799. The molecule has 0 amide bonds. The minimum absolute atomic E-state index is 0.0218. The highest BCUT2D eigenvalue weighted by Gasteiger charge is 2.32. The molecule has 1 heterocycles.